The number of amides is 1. The van der Waals surface area contributed by atoms with E-state index in [2.05, 4.69) is 5.10 Å². The number of carboxylic acids is 1. The highest BCUT2D eigenvalue weighted by Crippen LogP contribution is 2.24. The lowest BCUT2D eigenvalue weighted by molar-refractivity contribution is -0.141. The Kier molecular flexibility index (Phi) is 4.38. The van der Waals surface area contributed by atoms with Gasteiger partial charge < -0.3 is 10.0 Å². The maximum atomic E-state index is 12.8. The second-order valence-electron chi connectivity index (χ2n) is 6.35. The highest BCUT2D eigenvalue weighted by Gasteiger charge is 2.35. The number of benzene rings is 1. The molecule has 1 aliphatic rings. The van der Waals surface area contributed by atoms with E-state index in [0.29, 0.717) is 25.1 Å². The maximum Gasteiger partial charge on any atom is 0.326 e. The van der Waals surface area contributed by atoms with E-state index in [0.717, 1.165) is 11.4 Å². The summed E-state index contributed by atoms with van der Waals surface area (Å²) in [6.45, 7) is 4.55. The van der Waals surface area contributed by atoms with Crippen molar-refractivity contribution in [1.82, 2.24) is 14.7 Å². The monoisotopic (exact) mass is 327 g/mol. The molecule has 1 N–H and O–H groups in total. The lowest BCUT2D eigenvalue weighted by Gasteiger charge is -2.20. The minimum absolute atomic E-state index is 0.188. The van der Waals surface area contributed by atoms with Crippen LogP contribution in [0.15, 0.2) is 36.4 Å². The summed E-state index contributed by atoms with van der Waals surface area (Å²) in [5.74, 6) is -1.07. The molecule has 1 unspecified atom stereocenters. The molecule has 1 aromatic heterocycles. The van der Waals surface area contributed by atoms with Crippen molar-refractivity contribution in [2.45, 2.75) is 38.6 Å². The minimum Gasteiger partial charge on any atom is -0.480 e. The number of hydrogen-bond donors (Lipinski definition) is 1. The van der Waals surface area contributed by atoms with Gasteiger partial charge in [-0.3, -0.25) is 4.79 Å². The number of carbonyl (C=O) groups is 2. The van der Waals surface area contributed by atoms with Crippen molar-refractivity contribution >= 4 is 11.9 Å². The predicted octanol–water partition coefficient (Wildman–Crippen LogP) is 2.68. The molecule has 0 aliphatic carbocycles. The van der Waals surface area contributed by atoms with Crippen molar-refractivity contribution < 1.29 is 14.7 Å². The van der Waals surface area contributed by atoms with Crippen LogP contribution in [0.1, 0.15) is 48.8 Å². The smallest absolute Gasteiger partial charge is 0.326 e. The molecule has 0 radical (unpaired) electrons. The van der Waals surface area contributed by atoms with Crippen molar-refractivity contribution in [3.8, 4) is 5.69 Å². The number of rotatable bonds is 4. The van der Waals surface area contributed by atoms with Crippen LogP contribution in [0.4, 0.5) is 0 Å². The third-order valence-corrected chi connectivity index (χ3v) is 4.35. The number of hydrogen-bond acceptors (Lipinski definition) is 3. The van der Waals surface area contributed by atoms with E-state index in [1.165, 1.54) is 4.90 Å². The lowest BCUT2D eigenvalue weighted by atomic mass is 10.1. The lowest BCUT2D eigenvalue weighted by Crippen LogP contribution is -2.40. The van der Waals surface area contributed by atoms with Gasteiger partial charge in [0, 0.05) is 12.2 Å². The molecule has 6 nitrogen and oxygen atoms in total. The molecule has 1 saturated heterocycles. The molecule has 0 saturated carbocycles. The number of aromatic nitrogens is 2. The molecule has 1 atom stereocenters. The van der Waals surface area contributed by atoms with Gasteiger partial charge in [0.25, 0.3) is 5.91 Å². The normalized spacial score (nSPS) is 17.5. The van der Waals surface area contributed by atoms with Crippen LogP contribution in [-0.2, 0) is 4.79 Å². The summed E-state index contributed by atoms with van der Waals surface area (Å²) in [5.41, 5.74) is 2.11. The SMILES string of the molecule is CC(C)c1cc(C(=O)N2CCCC2C(=O)O)nn1-c1ccccc1. The summed E-state index contributed by atoms with van der Waals surface area (Å²) in [6.07, 6.45) is 1.21. The van der Waals surface area contributed by atoms with Crippen LogP contribution in [0.2, 0.25) is 0 Å². The molecule has 2 aromatic rings. The third kappa shape index (κ3) is 2.91. The van der Waals surface area contributed by atoms with Crippen LogP contribution in [0.25, 0.3) is 5.69 Å². The molecular formula is C18H21N3O3. The van der Waals surface area contributed by atoms with Crippen molar-refractivity contribution in [2.24, 2.45) is 0 Å². The van der Waals surface area contributed by atoms with Gasteiger partial charge in [0.05, 0.1) is 5.69 Å². The summed E-state index contributed by atoms with van der Waals surface area (Å²) in [4.78, 5) is 25.5. The number of carbonyl (C=O) groups excluding carboxylic acids is 1. The van der Waals surface area contributed by atoms with Crippen LogP contribution >= 0.6 is 0 Å². The third-order valence-electron chi connectivity index (χ3n) is 4.35. The van der Waals surface area contributed by atoms with Gasteiger partial charge in [-0.2, -0.15) is 5.10 Å². The molecule has 1 aromatic carbocycles. The summed E-state index contributed by atoms with van der Waals surface area (Å²) < 4.78 is 1.77. The van der Waals surface area contributed by atoms with E-state index in [4.69, 9.17) is 0 Å². The number of likely N-dealkylation sites (tertiary alicyclic amines) is 1. The van der Waals surface area contributed by atoms with E-state index in [9.17, 15) is 14.7 Å². The first-order valence-electron chi connectivity index (χ1n) is 8.18. The van der Waals surface area contributed by atoms with Gasteiger partial charge in [0.2, 0.25) is 0 Å². The number of carboxylic acid groups (broad SMARTS) is 1. The Bertz CT molecular complexity index is 752. The Morgan fingerprint density at radius 2 is 1.96 bits per heavy atom. The van der Waals surface area contributed by atoms with E-state index >= 15 is 0 Å². The van der Waals surface area contributed by atoms with Crippen molar-refractivity contribution in [3.05, 3.63) is 47.8 Å². The van der Waals surface area contributed by atoms with Gasteiger partial charge in [-0.15, -0.1) is 0 Å². The molecule has 0 bridgehead atoms. The Labute approximate surface area is 140 Å². The van der Waals surface area contributed by atoms with E-state index in [-0.39, 0.29) is 11.8 Å². The molecule has 0 spiro atoms. The highest BCUT2D eigenvalue weighted by atomic mass is 16.4. The van der Waals surface area contributed by atoms with Gasteiger partial charge in [0.1, 0.15) is 6.04 Å². The van der Waals surface area contributed by atoms with Crippen molar-refractivity contribution in [3.63, 3.8) is 0 Å². The average Bonchev–Trinajstić information content (AvgIpc) is 3.22. The number of aliphatic carboxylic acids is 1. The molecule has 3 rings (SSSR count). The second kappa shape index (κ2) is 6.47. The largest absolute Gasteiger partial charge is 0.480 e. The Balaban J connectivity index is 1.97. The second-order valence-corrected chi connectivity index (χ2v) is 6.35. The summed E-state index contributed by atoms with van der Waals surface area (Å²) >= 11 is 0. The van der Waals surface area contributed by atoms with E-state index in [1.807, 2.05) is 44.2 Å². The minimum atomic E-state index is -0.951. The summed E-state index contributed by atoms with van der Waals surface area (Å²) in [6, 6.07) is 10.7. The first-order chi connectivity index (χ1) is 11.5. The van der Waals surface area contributed by atoms with Crippen LogP contribution in [0.3, 0.4) is 0 Å². The Morgan fingerprint density at radius 1 is 1.25 bits per heavy atom. The Hall–Kier alpha value is -2.63. The first-order valence-corrected chi connectivity index (χ1v) is 8.18. The topological polar surface area (TPSA) is 75.4 Å². The zero-order valence-electron chi connectivity index (χ0n) is 13.8. The van der Waals surface area contributed by atoms with E-state index in [1.54, 1.807) is 10.7 Å². The number of nitrogens with zero attached hydrogens (tertiary/aromatic N) is 3. The zero-order valence-corrected chi connectivity index (χ0v) is 13.8. The standard InChI is InChI=1S/C18H21N3O3/c1-12(2)16-11-14(19-21(16)13-7-4-3-5-8-13)17(22)20-10-6-9-15(20)18(23)24/h3-5,7-8,11-12,15H,6,9-10H2,1-2H3,(H,23,24). The fourth-order valence-electron chi connectivity index (χ4n) is 3.10. The molecular weight excluding hydrogens is 306 g/mol. The molecule has 1 amide bonds. The molecule has 24 heavy (non-hydrogen) atoms. The quantitative estimate of drug-likeness (QED) is 0.937. The van der Waals surface area contributed by atoms with Gasteiger partial charge in [-0.05, 0) is 37.0 Å². The van der Waals surface area contributed by atoms with Crippen molar-refractivity contribution in [2.75, 3.05) is 6.54 Å². The number of para-hydroxylation sites is 1. The molecule has 1 aliphatic heterocycles. The summed E-state index contributed by atoms with van der Waals surface area (Å²) in [7, 11) is 0. The van der Waals surface area contributed by atoms with Crippen LogP contribution in [0.5, 0.6) is 0 Å². The molecule has 126 valence electrons. The molecule has 1 fully saturated rings. The van der Waals surface area contributed by atoms with Crippen LogP contribution in [0, 0.1) is 0 Å². The van der Waals surface area contributed by atoms with Crippen molar-refractivity contribution in [1.29, 1.82) is 0 Å². The van der Waals surface area contributed by atoms with Gasteiger partial charge in [-0.25, -0.2) is 9.48 Å². The maximum absolute atomic E-state index is 12.8. The van der Waals surface area contributed by atoms with E-state index < -0.39 is 12.0 Å². The fraction of sp³-hybridized carbons (Fsp3) is 0.389. The predicted molar refractivity (Wildman–Crippen MR) is 89.3 cm³/mol. The van der Waals surface area contributed by atoms with Crippen LogP contribution < -0.4 is 0 Å². The van der Waals surface area contributed by atoms with Gasteiger partial charge in [-0.1, -0.05) is 32.0 Å². The van der Waals surface area contributed by atoms with Crippen LogP contribution in [-0.4, -0.2) is 44.3 Å². The highest BCUT2D eigenvalue weighted by molar-refractivity contribution is 5.95. The fourth-order valence-corrected chi connectivity index (χ4v) is 3.10. The average molecular weight is 327 g/mol. The van der Waals surface area contributed by atoms with Gasteiger partial charge >= 0.3 is 5.97 Å². The zero-order chi connectivity index (χ0) is 17.3. The molecule has 6 heteroatoms. The summed E-state index contributed by atoms with van der Waals surface area (Å²) in [5, 5.41) is 13.8. The Morgan fingerprint density at radius 3 is 2.58 bits per heavy atom. The first kappa shape index (κ1) is 16.2. The van der Waals surface area contributed by atoms with Gasteiger partial charge in [0.15, 0.2) is 5.69 Å². The molecule has 2 heterocycles.